The molecule has 0 aromatic heterocycles. The SMILES string of the molecule is CCCCCCCCCCCCCC/C=C/C=O. The molecule has 0 aromatic carbocycles. The number of rotatable bonds is 14. The predicted octanol–water partition coefficient (Wildman–Crippen LogP) is 5.83. The summed E-state index contributed by atoms with van der Waals surface area (Å²) in [5, 5.41) is 0. The van der Waals surface area contributed by atoms with Gasteiger partial charge in [-0.3, -0.25) is 4.79 Å². The lowest BCUT2D eigenvalue weighted by Crippen LogP contribution is -1.82. The molecule has 0 radical (unpaired) electrons. The van der Waals surface area contributed by atoms with E-state index in [1.807, 2.05) is 6.08 Å². The van der Waals surface area contributed by atoms with Crippen molar-refractivity contribution < 1.29 is 4.79 Å². The summed E-state index contributed by atoms with van der Waals surface area (Å²) in [4.78, 5) is 10.0. The molecular weight excluding hydrogens is 220 g/mol. The number of carbonyl (C=O) groups is 1. The first-order valence-corrected chi connectivity index (χ1v) is 8.02. The fourth-order valence-corrected chi connectivity index (χ4v) is 2.25. The van der Waals surface area contributed by atoms with Crippen LogP contribution >= 0.6 is 0 Å². The van der Waals surface area contributed by atoms with Crippen LogP contribution in [0.3, 0.4) is 0 Å². The van der Waals surface area contributed by atoms with E-state index in [-0.39, 0.29) is 0 Å². The van der Waals surface area contributed by atoms with Gasteiger partial charge < -0.3 is 0 Å². The van der Waals surface area contributed by atoms with Crippen LogP contribution in [0.5, 0.6) is 0 Å². The minimum atomic E-state index is 0.862. The molecule has 0 aromatic rings. The Kier molecular flexibility index (Phi) is 15.9. The molecule has 0 fully saturated rings. The van der Waals surface area contributed by atoms with Crippen LogP contribution in [-0.2, 0) is 4.79 Å². The van der Waals surface area contributed by atoms with Crippen LogP contribution in [0, 0.1) is 0 Å². The highest BCUT2D eigenvalue weighted by Crippen LogP contribution is 2.12. The lowest BCUT2D eigenvalue weighted by Gasteiger charge is -2.02. The average molecular weight is 252 g/mol. The monoisotopic (exact) mass is 252 g/mol. The van der Waals surface area contributed by atoms with Crippen LogP contribution in [0.15, 0.2) is 12.2 Å². The Labute approximate surface area is 114 Å². The summed E-state index contributed by atoms with van der Waals surface area (Å²) < 4.78 is 0. The molecule has 0 aliphatic heterocycles. The Balaban J connectivity index is 2.94. The highest BCUT2D eigenvalue weighted by Gasteiger charge is 1.92. The van der Waals surface area contributed by atoms with Gasteiger partial charge in [0.1, 0.15) is 6.29 Å². The van der Waals surface area contributed by atoms with Crippen molar-refractivity contribution in [3.05, 3.63) is 12.2 Å². The second-order valence-electron chi connectivity index (χ2n) is 5.24. The molecule has 0 saturated carbocycles. The Morgan fingerprint density at radius 2 is 1.11 bits per heavy atom. The number of allylic oxidation sites excluding steroid dienone is 2. The van der Waals surface area contributed by atoms with Crippen LogP contribution in [0.4, 0.5) is 0 Å². The third-order valence-electron chi connectivity index (χ3n) is 3.44. The number of hydrogen-bond donors (Lipinski definition) is 0. The molecule has 18 heavy (non-hydrogen) atoms. The summed E-state index contributed by atoms with van der Waals surface area (Å²) in [5.41, 5.74) is 0. The van der Waals surface area contributed by atoms with E-state index in [1.54, 1.807) is 6.08 Å². The summed E-state index contributed by atoms with van der Waals surface area (Å²) in [5.74, 6) is 0. The van der Waals surface area contributed by atoms with Crippen molar-refractivity contribution >= 4 is 6.29 Å². The smallest absolute Gasteiger partial charge is 0.142 e. The molecule has 1 nitrogen and oxygen atoms in total. The van der Waals surface area contributed by atoms with E-state index in [0.717, 1.165) is 12.7 Å². The molecule has 0 unspecified atom stereocenters. The predicted molar refractivity (Wildman–Crippen MR) is 80.9 cm³/mol. The minimum Gasteiger partial charge on any atom is -0.299 e. The molecule has 106 valence electrons. The van der Waals surface area contributed by atoms with Gasteiger partial charge in [-0.2, -0.15) is 0 Å². The van der Waals surface area contributed by atoms with Crippen molar-refractivity contribution in [3.63, 3.8) is 0 Å². The van der Waals surface area contributed by atoms with Crippen LogP contribution < -0.4 is 0 Å². The zero-order chi connectivity index (χ0) is 13.3. The van der Waals surface area contributed by atoms with Gasteiger partial charge in [-0.15, -0.1) is 0 Å². The minimum absolute atomic E-state index is 0.862. The number of carbonyl (C=O) groups excluding carboxylic acids is 1. The zero-order valence-corrected chi connectivity index (χ0v) is 12.3. The molecule has 0 N–H and O–H groups in total. The Morgan fingerprint density at radius 1 is 0.667 bits per heavy atom. The van der Waals surface area contributed by atoms with Crippen LogP contribution in [0.2, 0.25) is 0 Å². The molecule has 0 spiro atoms. The van der Waals surface area contributed by atoms with Gasteiger partial charge >= 0.3 is 0 Å². The molecular formula is C17H32O. The first-order chi connectivity index (χ1) is 8.91. The molecule has 0 heterocycles. The lowest BCUT2D eigenvalue weighted by atomic mass is 10.0. The summed E-state index contributed by atoms with van der Waals surface area (Å²) >= 11 is 0. The van der Waals surface area contributed by atoms with Crippen molar-refractivity contribution in [2.45, 2.75) is 90.4 Å². The summed E-state index contributed by atoms with van der Waals surface area (Å²) in [7, 11) is 0. The fourth-order valence-electron chi connectivity index (χ4n) is 2.25. The number of hydrogen-bond acceptors (Lipinski definition) is 1. The second kappa shape index (κ2) is 16.4. The molecule has 0 atom stereocenters. The highest BCUT2D eigenvalue weighted by molar-refractivity contribution is 5.64. The van der Waals surface area contributed by atoms with Gasteiger partial charge in [0, 0.05) is 0 Å². The van der Waals surface area contributed by atoms with Gasteiger partial charge in [0.25, 0.3) is 0 Å². The van der Waals surface area contributed by atoms with Crippen molar-refractivity contribution in [1.29, 1.82) is 0 Å². The standard InChI is InChI=1S/C17H32O/c1-2-3-4-5-6-7-8-9-10-11-12-13-14-15-16-17-18/h15-17H,2-14H2,1H3/b16-15+. The van der Waals surface area contributed by atoms with Crippen LogP contribution in [0.25, 0.3) is 0 Å². The van der Waals surface area contributed by atoms with Gasteiger partial charge in [0.15, 0.2) is 0 Å². The van der Waals surface area contributed by atoms with Crippen LogP contribution in [-0.4, -0.2) is 6.29 Å². The Hall–Kier alpha value is -0.590. The number of unbranched alkanes of at least 4 members (excludes halogenated alkanes) is 12. The fraction of sp³-hybridized carbons (Fsp3) is 0.824. The average Bonchev–Trinajstić information content (AvgIpc) is 2.39. The molecule has 0 saturated heterocycles. The largest absolute Gasteiger partial charge is 0.299 e. The zero-order valence-electron chi connectivity index (χ0n) is 12.3. The van der Waals surface area contributed by atoms with Crippen LogP contribution in [0.1, 0.15) is 90.4 Å². The topological polar surface area (TPSA) is 17.1 Å². The highest BCUT2D eigenvalue weighted by atomic mass is 16.1. The van der Waals surface area contributed by atoms with Gasteiger partial charge in [-0.05, 0) is 18.9 Å². The molecule has 0 rings (SSSR count). The third-order valence-corrected chi connectivity index (χ3v) is 3.44. The maximum Gasteiger partial charge on any atom is 0.142 e. The Morgan fingerprint density at radius 3 is 1.56 bits per heavy atom. The second-order valence-corrected chi connectivity index (χ2v) is 5.24. The maximum atomic E-state index is 10.0. The van der Waals surface area contributed by atoms with Gasteiger partial charge in [-0.1, -0.05) is 83.6 Å². The molecule has 0 bridgehead atoms. The normalized spacial score (nSPS) is 11.2. The van der Waals surface area contributed by atoms with Crippen molar-refractivity contribution in [2.75, 3.05) is 0 Å². The first kappa shape index (κ1) is 17.4. The van der Waals surface area contributed by atoms with E-state index in [1.165, 1.54) is 77.0 Å². The quantitative estimate of drug-likeness (QED) is 0.216. The molecule has 0 aliphatic rings. The van der Waals surface area contributed by atoms with Gasteiger partial charge in [0.2, 0.25) is 0 Å². The molecule has 1 heteroatoms. The number of aldehydes is 1. The van der Waals surface area contributed by atoms with E-state index in [0.29, 0.717) is 0 Å². The van der Waals surface area contributed by atoms with Crippen molar-refractivity contribution in [1.82, 2.24) is 0 Å². The first-order valence-electron chi connectivity index (χ1n) is 8.02. The molecule has 0 aliphatic carbocycles. The lowest BCUT2D eigenvalue weighted by molar-refractivity contribution is -0.104. The van der Waals surface area contributed by atoms with Gasteiger partial charge in [-0.25, -0.2) is 0 Å². The van der Waals surface area contributed by atoms with E-state index in [4.69, 9.17) is 0 Å². The van der Waals surface area contributed by atoms with Crippen molar-refractivity contribution in [2.24, 2.45) is 0 Å². The Bertz CT molecular complexity index is 184. The van der Waals surface area contributed by atoms with E-state index in [9.17, 15) is 4.79 Å². The summed E-state index contributed by atoms with van der Waals surface area (Å²) in [6.07, 6.45) is 22.2. The van der Waals surface area contributed by atoms with Crippen molar-refractivity contribution in [3.8, 4) is 0 Å². The summed E-state index contributed by atoms with van der Waals surface area (Å²) in [6.45, 7) is 2.27. The van der Waals surface area contributed by atoms with Gasteiger partial charge in [0.05, 0.1) is 0 Å². The summed E-state index contributed by atoms with van der Waals surface area (Å²) in [6, 6.07) is 0. The van der Waals surface area contributed by atoms with E-state index >= 15 is 0 Å². The van der Waals surface area contributed by atoms with E-state index in [2.05, 4.69) is 6.92 Å². The van der Waals surface area contributed by atoms with E-state index < -0.39 is 0 Å². The maximum absolute atomic E-state index is 10.0. The third kappa shape index (κ3) is 15.4. The molecule has 0 amide bonds.